The van der Waals surface area contributed by atoms with Gasteiger partial charge < -0.3 is 11.1 Å². The highest BCUT2D eigenvalue weighted by Gasteiger charge is 2.38. The van der Waals surface area contributed by atoms with Gasteiger partial charge in [-0.05, 0) is 58.1 Å². The Labute approximate surface area is 204 Å². The SMILES string of the molecule is CC(C)C.CCCc1nc(-c2cc(N)c(F)c(C)c2C(F)(F)F)c(F)cc1C=O.CNC.CNN. The number of aryl methyl sites for hydroxylation is 1. The van der Waals surface area contributed by atoms with Crippen molar-refractivity contribution in [3.63, 3.8) is 0 Å². The molecule has 0 unspecified atom stereocenters. The highest BCUT2D eigenvalue weighted by atomic mass is 19.4. The van der Waals surface area contributed by atoms with Gasteiger partial charge in [0.05, 0.1) is 16.9 Å². The third-order valence-electron chi connectivity index (χ3n) is 3.77. The Kier molecular flexibility index (Phi) is 16.7. The molecular formula is C24H38F5N5O. The van der Waals surface area contributed by atoms with Crippen molar-refractivity contribution in [1.29, 1.82) is 0 Å². The van der Waals surface area contributed by atoms with E-state index < -0.39 is 45.9 Å². The van der Waals surface area contributed by atoms with E-state index in [0.717, 1.165) is 18.9 Å². The predicted molar refractivity (Wildman–Crippen MR) is 132 cm³/mol. The van der Waals surface area contributed by atoms with Gasteiger partial charge in [-0.2, -0.15) is 13.2 Å². The van der Waals surface area contributed by atoms with E-state index >= 15 is 0 Å². The highest BCUT2D eigenvalue weighted by molar-refractivity contribution is 5.79. The second-order valence-corrected chi connectivity index (χ2v) is 8.07. The number of carbonyl (C=O) groups excluding carboxylic acids is 1. The molecule has 0 radical (unpaired) electrons. The number of rotatable bonds is 4. The van der Waals surface area contributed by atoms with Crippen molar-refractivity contribution in [2.45, 2.75) is 53.6 Å². The number of pyridine rings is 1. The molecule has 1 aromatic heterocycles. The number of nitrogens with one attached hydrogen (secondary N) is 2. The number of benzene rings is 1. The summed E-state index contributed by atoms with van der Waals surface area (Å²) >= 11 is 0. The van der Waals surface area contributed by atoms with Crippen LogP contribution in [0.2, 0.25) is 0 Å². The summed E-state index contributed by atoms with van der Waals surface area (Å²) in [5.41, 5.74) is 3.91. The molecule has 0 saturated heterocycles. The fourth-order valence-electron chi connectivity index (χ4n) is 2.64. The molecule has 11 heteroatoms. The highest BCUT2D eigenvalue weighted by Crippen LogP contribution is 2.42. The van der Waals surface area contributed by atoms with Gasteiger partial charge in [-0.3, -0.25) is 16.1 Å². The third-order valence-corrected chi connectivity index (χ3v) is 3.77. The Bertz CT molecular complexity index is 914. The largest absolute Gasteiger partial charge is 0.417 e. The molecular weight excluding hydrogens is 469 g/mol. The first-order valence-corrected chi connectivity index (χ1v) is 10.9. The summed E-state index contributed by atoms with van der Waals surface area (Å²) in [6.45, 7) is 9.20. The van der Waals surface area contributed by atoms with Crippen LogP contribution in [0.1, 0.15) is 61.3 Å². The van der Waals surface area contributed by atoms with Crippen LogP contribution in [0.3, 0.4) is 0 Å². The zero-order valence-corrected chi connectivity index (χ0v) is 21.6. The lowest BCUT2D eigenvalue weighted by Gasteiger charge is -2.18. The number of alkyl halides is 3. The van der Waals surface area contributed by atoms with Gasteiger partial charge in [-0.25, -0.2) is 13.8 Å². The van der Waals surface area contributed by atoms with E-state index in [1.165, 1.54) is 0 Å². The molecule has 0 aliphatic carbocycles. The molecule has 200 valence electrons. The molecule has 1 aromatic carbocycles. The molecule has 2 aromatic rings. The molecule has 0 bridgehead atoms. The minimum absolute atomic E-state index is 0.0385. The van der Waals surface area contributed by atoms with E-state index in [0.29, 0.717) is 18.8 Å². The second-order valence-electron chi connectivity index (χ2n) is 8.07. The van der Waals surface area contributed by atoms with Gasteiger partial charge in [0.2, 0.25) is 0 Å². The number of carbonyl (C=O) groups is 1. The van der Waals surface area contributed by atoms with E-state index in [-0.39, 0.29) is 17.7 Å². The molecule has 0 atom stereocenters. The molecule has 0 amide bonds. The number of aldehydes is 1. The molecule has 0 fully saturated rings. The number of anilines is 1. The van der Waals surface area contributed by atoms with Gasteiger partial charge in [-0.1, -0.05) is 34.1 Å². The molecule has 0 aliphatic rings. The van der Waals surface area contributed by atoms with E-state index in [9.17, 15) is 26.7 Å². The minimum atomic E-state index is -4.93. The molecule has 0 saturated carbocycles. The van der Waals surface area contributed by atoms with Crippen LogP contribution in [0.15, 0.2) is 12.1 Å². The van der Waals surface area contributed by atoms with Crippen molar-refractivity contribution < 1.29 is 26.7 Å². The first-order chi connectivity index (χ1) is 16.2. The fourth-order valence-corrected chi connectivity index (χ4v) is 2.64. The van der Waals surface area contributed by atoms with Crippen LogP contribution in [-0.2, 0) is 12.6 Å². The molecule has 6 N–H and O–H groups in total. The molecule has 0 aliphatic heterocycles. The van der Waals surface area contributed by atoms with Gasteiger partial charge in [0.25, 0.3) is 0 Å². The standard InChI is InChI=1S/C17H15F5N2O.C4H10.C2H7N.CH6N2/c1-3-4-13-9(7-25)5-11(18)16(24-13)10-6-12(23)15(19)8(2)14(10)17(20,21)22;1-4(2)3;2*1-3-2/h5-7H,3-4,23H2,1-2H3;4H,1-3H3;3H,1-2H3;3H,2H2,1H3. The Morgan fingerprint density at radius 3 is 1.94 bits per heavy atom. The molecule has 6 nitrogen and oxygen atoms in total. The van der Waals surface area contributed by atoms with Crippen LogP contribution < -0.4 is 22.3 Å². The maximum absolute atomic E-state index is 14.4. The normalized spacial score (nSPS) is 10.4. The molecule has 2 rings (SSSR count). The summed E-state index contributed by atoms with van der Waals surface area (Å²) in [4.78, 5) is 14.9. The third kappa shape index (κ3) is 11.6. The number of nitrogen functional groups attached to an aromatic ring is 1. The summed E-state index contributed by atoms with van der Waals surface area (Å²) in [7, 11) is 5.40. The summed E-state index contributed by atoms with van der Waals surface area (Å²) in [6.07, 6.45) is -3.72. The van der Waals surface area contributed by atoms with Gasteiger partial charge in [0.1, 0.15) is 17.3 Å². The van der Waals surface area contributed by atoms with Crippen molar-refractivity contribution >= 4 is 12.0 Å². The maximum Gasteiger partial charge on any atom is 0.417 e. The van der Waals surface area contributed by atoms with E-state index in [1.54, 1.807) is 14.0 Å². The Balaban J connectivity index is 0. The predicted octanol–water partition coefficient (Wildman–Crippen LogP) is 5.28. The van der Waals surface area contributed by atoms with Crippen molar-refractivity contribution in [3.05, 3.63) is 46.2 Å². The van der Waals surface area contributed by atoms with Crippen molar-refractivity contribution in [2.75, 3.05) is 26.9 Å². The second kappa shape index (κ2) is 16.9. The van der Waals surface area contributed by atoms with E-state index in [2.05, 4.69) is 42.3 Å². The van der Waals surface area contributed by atoms with E-state index in [4.69, 9.17) is 5.73 Å². The fraction of sp³-hybridized carbons (Fsp3) is 0.500. The van der Waals surface area contributed by atoms with Crippen molar-refractivity contribution in [2.24, 2.45) is 11.8 Å². The Morgan fingerprint density at radius 1 is 1.11 bits per heavy atom. The van der Waals surface area contributed by atoms with Gasteiger partial charge >= 0.3 is 6.18 Å². The first kappa shape index (κ1) is 34.5. The molecule has 1 heterocycles. The van der Waals surface area contributed by atoms with Gasteiger partial charge in [0.15, 0.2) is 6.29 Å². The molecule has 35 heavy (non-hydrogen) atoms. The summed E-state index contributed by atoms with van der Waals surface area (Å²) in [5, 5.41) is 2.75. The van der Waals surface area contributed by atoms with Crippen LogP contribution in [0.4, 0.5) is 27.6 Å². The number of hydrogen-bond acceptors (Lipinski definition) is 6. The van der Waals surface area contributed by atoms with Gasteiger partial charge in [0, 0.05) is 11.1 Å². The lowest BCUT2D eigenvalue weighted by molar-refractivity contribution is -0.137. The van der Waals surface area contributed by atoms with Crippen LogP contribution in [-0.4, -0.2) is 32.4 Å². The summed E-state index contributed by atoms with van der Waals surface area (Å²) in [5.74, 6) is 3.10. The topological polar surface area (TPSA) is 106 Å². The van der Waals surface area contributed by atoms with Gasteiger partial charge in [-0.15, -0.1) is 0 Å². The average Bonchev–Trinajstić information content (AvgIpc) is 2.72. The van der Waals surface area contributed by atoms with E-state index in [1.807, 2.05) is 14.1 Å². The van der Waals surface area contributed by atoms with Crippen molar-refractivity contribution in [1.82, 2.24) is 15.7 Å². The zero-order chi connectivity index (χ0) is 27.9. The quantitative estimate of drug-likeness (QED) is 0.148. The number of aromatic nitrogens is 1. The number of nitrogens with two attached hydrogens (primary N) is 2. The number of hydrazine groups is 1. The number of halogens is 5. The summed E-state index contributed by atoms with van der Waals surface area (Å²) < 4.78 is 68.5. The molecule has 0 spiro atoms. The van der Waals surface area contributed by atoms with Crippen molar-refractivity contribution in [3.8, 4) is 11.3 Å². The van der Waals surface area contributed by atoms with Crippen LogP contribution in [0.5, 0.6) is 0 Å². The average molecular weight is 508 g/mol. The maximum atomic E-state index is 14.4. The van der Waals surface area contributed by atoms with Crippen LogP contribution in [0.25, 0.3) is 11.3 Å². The number of hydrogen-bond donors (Lipinski definition) is 4. The zero-order valence-electron chi connectivity index (χ0n) is 21.6. The Morgan fingerprint density at radius 2 is 1.57 bits per heavy atom. The lowest BCUT2D eigenvalue weighted by Crippen LogP contribution is -2.14. The number of nitrogens with zero attached hydrogens (tertiary/aromatic N) is 1. The lowest BCUT2D eigenvalue weighted by atomic mass is 9.95. The summed E-state index contributed by atoms with van der Waals surface area (Å²) in [6, 6.07) is 1.54. The Hall–Kier alpha value is -2.63. The van der Waals surface area contributed by atoms with Crippen LogP contribution in [0, 0.1) is 24.5 Å². The smallest absolute Gasteiger partial charge is 0.396 e. The first-order valence-electron chi connectivity index (χ1n) is 10.9. The van der Waals surface area contributed by atoms with Crippen LogP contribution >= 0.6 is 0 Å². The minimum Gasteiger partial charge on any atom is -0.396 e. The monoisotopic (exact) mass is 507 g/mol.